The summed E-state index contributed by atoms with van der Waals surface area (Å²) in [6.07, 6.45) is 6.52. The van der Waals surface area contributed by atoms with E-state index in [2.05, 4.69) is 22.4 Å². The summed E-state index contributed by atoms with van der Waals surface area (Å²) in [6.45, 7) is 1.56. The van der Waals surface area contributed by atoms with Crippen LogP contribution in [-0.4, -0.2) is 44.0 Å². The Morgan fingerprint density at radius 1 is 1.39 bits per heavy atom. The molecule has 1 aromatic heterocycles. The summed E-state index contributed by atoms with van der Waals surface area (Å²) < 4.78 is 11.3. The normalized spacial score (nSPS) is 20.6. The van der Waals surface area contributed by atoms with E-state index in [1.54, 1.807) is 0 Å². The van der Waals surface area contributed by atoms with E-state index in [0.717, 1.165) is 32.5 Å². The molecule has 0 aromatic carbocycles. The molecule has 1 saturated heterocycles. The van der Waals surface area contributed by atoms with Crippen LogP contribution in [0.2, 0.25) is 0 Å². The number of nitrogens with one attached hydrogen (secondary N) is 1. The molecule has 0 saturated carbocycles. The van der Waals surface area contributed by atoms with Crippen LogP contribution >= 0.6 is 0 Å². The van der Waals surface area contributed by atoms with Crippen LogP contribution in [0.4, 0.5) is 0 Å². The maximum absolute atomic E-state index is 5.85. The van der Waals surface area contributed by atoms with Crippen LogP contribution in [0.15, 0.2) is 24.5 Å². The zero-order valence-corrected chi connectivity index (χ0v) is 11.2. The van der Waals surface area contributed by atoms with Gasteiger partial charge in [0.25, 0.3) is 0 Å². The number of likely N-dealkylation sites (N-methyl/N-ethyl adjacent to an activating group) is 1. The number of methoxy groups -OCH3 is 1. The number of rotatable bonds is 5. The van der Waals surface area contributed by atoms with Gasteiger partial charge in [-0.25, -0.2) is 0 Å². The minimum atomic E-state index is -0.115. The third-order valence-electron chi connectivity index (χ3n) is 3.92. The highest BCUT2D eigenvalue weighted by molar-refractivity contribution is 5.13. The Hall–Kier alpha value is -0.970. The Morgan fingerprint density at radius 3 is 2.61 bits per heavy atom. The van der Waals surface area contributed by atoms with Gasteiger partial charge in [-0.15, -0.1) is 0 Å². The summed E-state index contributed by atoms with van der Waals surface area (Å²) in [5.41, 5.74) is 1.17. The second-order valence-electron chi connectivity index (χ2n) is 4.78. The lowest BCUT2D eigenvalue weighted by Gasteiger charge is -2.42. The lowest BCUT2D eigenvalue weighted by Crippen LogP contribution is -2.55. The molecule has 100 valence electrons. The monoisotopic (exact) mass is 250 g/mol. The van der Waals surface area contributed by atoms with Gasteiger partial charge in [0.05, 0.1) is 5.60 Å². The molecule has 1 aliphatic heterocycles. The maximum atomic E-state index is 5.85. The number of nitrogens with zero attached hydrogens (tertiary/aromatic N) is 1. The van der Waals surface area contributed by atoms with Gasteiger partial charge in [-0.2, -0.15) is 0 Å². The van der Waals surface area contributed by atoms with Gasteiger partial charge >= 0.3 is 0 Å². The van der Waals surface area contributed by atoms with Gasteiger partial charge in [0.1, 0.15) is 0 Å². The van der Waals surface area contributed by atoms with E-state index in [9.17, 15) is 0 Å². The molecule has 1 unspecified atom stereocenters. The van der Waals surface area contributed by atoms with E-state index in [-0.39, 0.29) is 5.60 Å². The average molecular weight is 250 g/mol. The van der Waals surface area contributed by atoms with Crippen molar-refractivity contribution in [2.45, 2.75) is 30.9 Å². The summed E-state index contributed by atoms with van der Waals surface area (Å²) in [4.78, 5) is 4.06. The second-order valence-corrected chi connectivity index (χ2v) is 4.78. The highest BCUT2D eigenvalue weighted by atomic mass is 16.5. The van der Waals surface area contributed by atoms with Crippen molar-refractivity contribution in [1.29, 1.82) is 0 Å². The topological polar surface area (TPSA) is 43.4 Å². The van der Waals surface area contributed by atoms with Gasteiger partial charge in [0.2, 0.25) is 0 Å². The first-order chi connectivity index (χ1) is 8.80. The van der Waals surface area contributed by atoms with Crippen molar-refractivity contribution in [1.82, 2.24) is 10.3 Å². The number of hydrogen-bond donors (Lipinski definition) is 1. The van der Waals surface area contributed by atoms with Gasteiger partial charge in [0, 0.05) is 51.6 Å². The first-order valence-electron chi connectivity index (χ1n) is 6.50. The molecule has 2 heterocycles. The zero-order chi connectivity index (χ0) is 12.8. The van der Waals surface area contributed by atoms with Gasteiger partial charge in [-0.05, 0) is 31.2 Å². The summed E-state index contributed by atoms with van der Waals surface area (Å²) in [7, 11) is 3.81. The molecular weight excluding hydrogens is 228 g/mol. The molecular formula is C14H22N2O2. The van der Waals surface area contributed by atoms with Crippen LogP contribution in [0, 0.1) is 0 Å². The first-order valence-corrected chi connectivity index (χ1v) is 6.50. The minimum Gasteiger partial charge on any atom is -0.381 e. The second kappa shape index (κ2) is 6.27. The molecule has 4 nitrogen and oxygen atoms in total. The van der Waals surface area contributed by atoms with E-state index in [4.69, 9.17) is 9.47 Å². The summed E-state index contributed by atoms with van der Waals surface area (Å²) >= 11 is 0. The molecule has 2 rings (SSSR count). The predicted octanol–water partition coefficient (Wildman–Crippen LogP) is 1.41. The van der Waals surface area contributed by atoms with Crippen molar-refractivity contribution in [2.24, 2.45) is 0 Å². The maximum Gasteiger partial charge on any atom is 0.0877 e. The molecule has 0 bridgehead atoms. The van der Waals surface area contributed by atoms with Crippen LogP contribution in [0.5, 0.6) is 0 Å². The van der Waals surface area contributed by atoms with Crippen molar-refractivity contribution in [3.8, 4) is 0 Å². The molecule has 0 spiro atoms. The van der Waals surface area contributed by atoms with Crippen LogP contribution in [0.25, 0.3) is 0 Å². The molecule has 0 aliphatic carbocycles. The molecule has 1 N–H and O–H groups in total. The molecule has 4 heteroatoms. The number of hydrogen-bond acceptors (Lipinski definition) is 4. The van der Waals surface area contributed by atoms with E-state index in [1.807, 2.05) is 26.6 Å². The van der Waals surface area contributed by atoms with E-state index in [0.29, 0.717) is 6.04 Å². The summed E-state index contributed by atoms with van der Waals surface area (Å²) in [6, 6.07) is 4.42. The van der Waals surface area contributed by atoms with Crippen molar-refractivity contribution in [2.75, 3.05) is 27.4 Å². The standard InChI is InChI=1S/C14H22N2O2/c1-15-13(11-12-3-7-16-8-4-12)14(17-2)5-9-18-10-6-14/h3-4,7-8,13,15H,5-6,9-11H2,1-2H3. The summed E-state index contributed by atoms with van der Waals surface area (Å²) in [5, 5.41) is 3.41. The molecule has 1 fully saturated rings. The SMILES string of the molecule is CNC(Cc1ccncc1)C1(OC)CCOCC1. The largest absolute Gasteiger partial charge is 0.381 e. The predicted molar refractivity (Wildman–Crippen MR) is 70.6 cm³/mol. The highest BCUT2D eigenvalue weighted by Crippen LogP contribution is 2.29. The molecule has 0 radical (unpaired) electrons. The van der Waals surface area contributed by atoms with Gasteiger partial charge in [0.15, 0.2) is 0 Å². The molecule has 18 heavy (non-hydrogen) atoms. The van der Waals surface area contributed by atoms with Gasteiger partial charge in [-0.3, -0.25) is 4.98 Å². The van der Waals surface area contributed by atoms with E-state index < -0.39 is 0 Å². The van der Waals surface area contributed by atoms with Crippen LogP contribution in [-0.2, 0) is 15.9 Å². The van der Waals surface area contributed by atoms with Crippen LogP contribution in [0.1, 0.15) is 18.4 Å². The first kappa shape index (κ1) is 13.5. The molecule has 1 aromatic rings. The molecule has 1 aliphatic rings. The van der Waals surface area contributed by atoms with Crippen LogP contribution in [0.3, 0.4) is 0 Å². The highest BCUT2D eigenvalue weighted by Gasteiger charge is 2.39. The fraction of sp³-hybridized carbons (Fsp3) is 0.643. The Kier molecular flexibility index (Phi) is 4.69. The van der Waals surface area contributed by atoms with Gasteiger partial charge in [-0.1, -0.05) is 0 Å². The van der Waals surface area contributed by atoms with Crippen LogP contribution < -0.4 is 5.32 Å². The van der Waals surface area contributed by atoms with Crippen molar-refractivity contribution in [3.05, 3.63) is 30.1 Å². The number of ether oxygens (including phenoxy) is 2. The Balaban J connectivity index is 2.11. The zero-order valence-electron chi connectivity index (χ0n) is 11.2. The van der Waals surface area contributed by atoms with Gasteiger partial charge < -0.3 is 14.8 Å². The fourth-order valence-electron chi connectivity index (χ4n) is 2.72. The lowest BCUT2D eigenvalue weighted by atomic mass is 9.83. The third kappa shape index (κ3) is 2.88. The number of aromatic nitrogens is 1. The molecule has 1 atom stereocenters. The third-order valence-corrected chi connectivity index (χ3v) is 3.92. The molecule has 0 amide bonds. The minimum absolute atomic E-state index is 0.115. The Morgan fingerprint density at radius 2 is 2.06 bits per heavy atom. The van der Waals surface area contributed by atoms with Crippen molar-refractivity contribution >= 4 is 0 Å². The quantitative estimate of drug-likeness (QED) is 0.858. The van der Waals surface area contributed by atoms with E-state index >= 15 is 0 Å². The number of pyridine rings is 1. The summed E-state index contributed by atoms with van der Waals surface area (Å²) in [5.74, 6) is 0. The average Bonchev–Trinajstić information content (AvgIpc) is 2.46. The van der Waals surface area contributed by atoms with E-state index in [1.165, 1.54) is 5.56 Å². The van der Waals surface area contributed by atoms with Crippen molar-refractivity contribution in [3.63, 3.8) is 0 Å². The smallest absolute Gasteiger partial charge is 0.0877 e. The Labute approximate surface area is 109 Å². The fourth-order valence-corrected chi connectivity index (χ4v) is 2.72. The lowest BCUT2D eigenvalue weighted by molar-refractivity contribution is -0.109. The Bertz CT molecular complexity index is 350. The van der Waals surface area contributed by atoms with Crippen molar-refractivity contribution < 1.29 is 9.47 Å².